The molecule has 2 atom stereocenters. The first kappa shape index (κ1) is 13.6. The molecule has 1 aromatic heterocycles. The highest BCUT2D eigenvalue weighted by Gasteiger charge is 2.32. The Kier molecular flexibility index (Phi) is 3.71. The number of thiophene rings is 1. The highest BCUT2D eigenvalue weighted by Crippen LogP contribution is 2.31. The van der Waals surface area contributed by atoms with Crippen molar-refractivity contribution >= 4 is 11.3 Å². The largest absolute Gasteiger partial charge is 0.314 e. The van der Waals surface area contributed by atoms with E-state index in [4.69, 9.17) is 0 Å². The molecule has 3 rings (SSSR count). The van der Waals surface area contributed by atoms with Crippen LogP contribution in [0.15, 0.2) is 12.1 Å². The van der Waals surface area contributed by atoms with E-state index in [0.717, 1.165) is 18.5 Å². The Hall–Kier alpha value is -0.380. The summed E-state index contributed by atoms with van der Waals surface area (Å²) in [5.41, 5.74) is 0.297. The average Bonchev–Trinajstić information content (AvgIpc) is 2.95. The summed E-state index contributed by atoms with van der Waals surface area (Å²) < 4.78 is 0. The fourth-order valence-corrected chi connectivity index (χ4v) is 4.46. The third kappa shape index (κ3) is 3.04. The van der Waals surface area contributed by atoms with E-state index < -0.39 is 0 Å². The molecule has 0 spiro atoms. The number of rotatable bonds is 2. The fourth-order valence-electron chi connectivity index (χ4n) is 3.35. The minimum Gasteiger partial charge on any atom is -0.314 e. The van der Waals surface area contributed by atoms with Crippen LogP contribution in [0.5, 0.6) is 0 Å². The Morgan fingerprint density at radius 1 is 1.32 bits per heavy atom. The Bertz CT molecular complexity index is 432. The van der Waals surface area contributed by atoms with E-state index in [0.29, 0.717) is 5.41 Å². The quantitative estimate of drug-likeness (QED) is 0.893. The van der Waals surface area contributed by atoms with Crippen molar-refractivity contribution in [3.05, 3.63) is 21.9 Å². The summed E-state index contributed by atoms with van der Waals surface area (Å²) in [4.78, 5) is 5.71. The van der Waals surface area contributed by atoms with E-state index in [1.165, 1.54) is 42.2 Å². The normalized spacial score (nSPS) is 28.6. The lowest BCUT2D eigenvalue weighted by molar-refractivity contribution is 0.157. The molecule has 3 heterocycles. The van der Waals surface area contributed by atoms with Crippen LogP contribution < -0.4 is 5.32 Å². The molecule has 2 fully saturated rings. The molecule has 0 aliphatic carbocycles. The first-order valence-electron chi connectivity index (χ1n) is 7.57. The standard InChI is InChI=1S/C16H26N2S/c1-16(2,3)15-5-4-13(19-15)11-18-9-7-14-12(10-18)6-8-17-14/h4-5,12,14,17H,6-11H2,1-3H3. The summed E-state index contributed by atoms with van der Waals surface area (Å²) in [6.07, 6.45) is 2.71. The number of likely N-dealkylation sites (tertiary alicyclic amines) is 1. The van der Waals surface area contributed by atoms with Crippen LogP contribution in [0.2, 0.25) is 0 Å². The van der Waals surface area contributed by atoms with Gasteiger partial charge in [0.2, 0.25) is 0 Å². The van der Waals surface area contributed by atoms with Gasteiger partial charge in [-0.25, -0.2) is 0 Å². The molecule has 0 aromatic carbocycles. The van der Waals surface area contributed by atoms with Crippen molar-refractivity contribution in [1.29, 1.82) is 0 Å². The molecular weight excluding hydrogens is 252 g/mol. The van der Waals surface area contributed by atoms with Crippen molar-refractivity contribution < 1.29 is 0 Å². The molecule has 0 amide bonds. The van der Waals surface area contributed by atoms with Gasteiger partial charge in [0.05, 0.1) is 0 Å². The van der Waals surface area contributed by atoms with Crippen LogP contribution in [-0.4, -0.2) is 30.6 Å². The Balaban J connectivity index is 1.61. The molecule has 2 unspecified atom stereocenters. The van der Waals surface area contributed by atoms with Gasteiger partial charge in [-0.1, -0.05) is 20.8 Å². The minimum atomic E-state index is 0.297. The van der Waals surface area contributed by atoms with Gasteiger partial charge in [0.15, 0.2) is 0 Å². The van der Waals surface area contributed by atoms with Crippen LogP contribution in [0, 0.1) is 5.92 Å². The molecule has 106 valence electrons. The second-order valence-electron chi connectivity index (χ2n) is 7.15. The average molecular weight is 278 g/mol. The molecule has 19 heavy (non-hydrogen) atoms. The lowest BCUT2D eigenvalue weighted by Crippen LogP contribution is -2.43. The molecule has 1 N–H and O–H groups in total. The van der Waals surface area contributed by atoms with Gasteiger partial charge < -0.3 is 5.32 Å². The maximum atomic E-state index is 3.64. The van der Waals surface area contributed by atoms with Gasteiger partial charge >= 0.3 is 0 Å². The van der Waals surface area contributed by atoms with Crippen molar-refractivity contribution in [2.24, 2.45) is 5.92 Å². The zero-order chi connectivity index (χ0) is 13.5. The number of hydrogen-bond donors (Lipinski definition) is 1. The van der Waals surface area contributed by atoms with E-state index in [1.807, 2.05) is 11.3 Å². The zero-order valence-electron chi connectivity index (χ0n) is 12.4. The first-order chi connectivity index (χ1) is 9.02. The van der Waals surface area contributed by atoms with Crippen molar-refractivity contribution in [3.8, 4) is 0 Å². The molecular formula is C16H26N2S. The second kappa shape index (κ2) is 5.19. The van der Waals surface area contributed by atoms with E-state index in [2.05, 4.69) is 43.1 Å². The molecule has 2 saturated heterocycles. The summed E-state index contributed by atoms with van der Waals surface area (Å²) in [6, 6.07) is 5.47. The Morgan fingerprint density at radius 3 is 2.89 bits per heavy atom. The molecule has 1 aromatic rings. The third-order valence-corrected chi connectivity index (χ3v) is 6.02. The van der Waals surface area contributed by atoms with Crippen molar-refractivity contribution in [1.82, 2.24) is 10.2 Å². The first-order valence-corrected chi connectivity index (χ1v) is 8.39. The Morgan fingerprint density at radius 2 is 2.16 bits per heavy atom. The number of nitrogens with one attached hydrogen (secondary N) is 1. The van der Waals surface area contributed by atoms with Gasteiger partial charge in [0, 0.05) is 35.4 Å². The van der Waals surface area contributed by atoms with Gasteiger partial charge in [-0.15, -0.1) is 11.3 Å². The van der Waals surface area contributed by atoms with E-state index in [1.54, 1.807) is 0 Å². The fraction of sp³-hybridized carbons (Fsp3) is 0.750. The van der Waals surface area contributed by atoms with E-state index >= 15 is 0 Å². The molecule has 0 radical (unpaired) electrons. The van der Waals surface area contributed by atoms with E-state index in [-0.39, 0.29) is 0 Å². The third-order valence-electron chi connectivity index (χ3n) is 4.52. The van der Waals surface area contributed by atoms with Crippen LogP contribution in [0.25, 0.3) is 0 Å². The SMILES string of the molecule is CC(C)(C)c1ccc(CN2CCC3NCCC3C2)s1. The van der Waals surface area contributed by atoms with Gasteiger partial charge in [-0.05, 0) is 42.9 Å². The molecule has 2 aliphatic heterocycles. The van der Waals surface area contributed by atoms with Crippen LogP contribution in [0.4, 0.5) is 0 Å². The summed E-state index contributed by atoms with van der Waals surface area (Å²) in [6.45, 7) is 11.9. The molecule has 0 saturated carbocycles. The predicted octanol–water partition coefficient (Wildman–Crippen LogP) is 3.23. The van der Waals surface area contributed by atoms with Crippen molar-refractivity contribution in [2.45, 2.75) is 51.6 Å². The van der Waals surface area contributed by atoms with Crippen molar-refractivity contribution in [2.75, 3.05) is 19.6 Å². The van der Waals surface area contributed by atoms with Crippen LogP contribution in [0.3, 0.4) is 0 Å². The lowest BCUT2D eigenvalue weighted by atomic mass is 9.93. The number of hydrogen-bond acceptors (Lipinski definition) is 3. The Labute approximate surface area is 121 Å². The van der Waals surface area contributed by atoms with Gasteiger partial charge in [-0.3, -0.25) is 4.90 Å². The molecule has 3 heteroatoms. The van der Waals surface area contributed by atoms with Crippen LogP contribution in [-0.2, 0) is 12.0 Å². The zero-order valence-corrected chi connectivity index (χ0v) is 13.2. The maximum absolute atomic E-state index is 3.64. The monoisotopic (exact) mass is 278 g/mol. The van der Waals surface area contributed by atoms with Crippen LogP contribution >= 0.6 is 11.3 Å². The summed E-state index contributed by atoms with van der Waals surface area (Å²) >= 11 is 2.00. The maximum Gasteiger partial charge on any atom is 0.0328 e. The minimum absolute atomic E-state index is 0.297. The topological polar surface area (TPSA) is 15.3 Å². The van der Waals surface area contributed by atoms with Gasteiger partial charge in [0.1, 0.15) is 0 Å². The van der Waals surface area contributed by atoms with E-state index in [9.17, 15) is 0 Å². The van der Waals surface area contributed by atoms with Gasteiger partial charge in [0.25, 0.3) is 0 Å². The lowest BCUT2D eigenvalue weighted by Gasteiger charge is -2.34. The number of nitrogens with zero attached hydrogens (tertiary/aromatic N) is 1. The summed E-state index contributed by atoms with van der Waals surface area (Å²) in [5, 5.41) is 3.64. The molecule has 2 nitrogen and oxygen atoms in total. The predicted molar refractivity (Wildman–Crippen MR) is 82.8 cm³/mol. The van der Waals surface area contributed by atoms with Crippen LogP contribution in [0.1, 0.15) is 43.4 Å². The number of piperidine rings is 1. The summed E-state index contributed by atoms with van der Waals surface area (Å²) in [7, 11) is 0. The molecule has 0 bridgehead atoms. The second-order valence-corrected chi connectivity index (χ2v) is 8.32. The smallest absolute Gasteiger partial charge is 0.0328 e. The highest BCUT2D eigenvalue weighted by atomic mass is 32.1. The van der Waals surface area contributed by atoms with Crippen molar-refractivity contribution in [3.63, 3.8) is 0 Å². The summed E-state index contributed by atoms with van der Waals surface area (Å²) in [5.74, 6) is 0.899. The van der Waals surface area contributed by atoms with Gasteiger partial charge in [-0.2, -0.15) is 0 Å². The number of fused-ring (bicyclic) bond motifs is 1. The highest BCUT2D eigenvalue weighted by molar-refractivity contribution is 7.12. The molecule has 2 aliphatic rings.